The maximum absolute atomic E-state index is 5.64. The molecule has 1 aromatic rings. The van der Waals surface area contributed by atoms with E-state index < -0.39 is 0 Å². The van der Waals surface area contributed by atoms with E-state index in [2.05, 4.69) is 50.1 Å². The molecule has 1 aromatic carbocycles. The first-order chi connectivity index (χ1) is 5.74. The first-order valence-corrected chi connectivity index (χ1v) is 6.03. The predicted octanol–water partition coefficient (Wildman–Crippen LogP) is 4.26. The molecular formula is C9H9Br2Cl. The van der Waals surface area contributed by atoms with Crippen LogP contribution < -0.4 is 0 Å². The minimum atomic E-state index is 0.236. The zero-order valence-corrected chi connectivity index (χ0v) is 10.4. The van der Waals surface area contributed by atoms with Gasteiger partial charge in [-0.1, -0.05) is 56.1 Å². The third-order valence-corrected chi connectivity index (χ3v) is 2.83. The van der Waals surface area contributed by atoms with Crippen LogP contribution in [0.2, 0.25) is 0 Å². The lowest BCUT2D eigenvalue weighted by Gasteiger charge is -2.04. The van der Waals surface area contributed by atoms with Crippen LogP contribution in [0.3, 0.4) is 0 Å². The van der Waals surface area contributed by atoms with Gasteiger partial charge in [-0.15, -0.1) is 11.6 Å². The van der Waals surface area contributed by atoms with E-state index in [4.69, 9.17) is 11.6 Å². The Morgan fingerprint density at radius 2 is 2.08 bits per heavy atom. The fourth-order valence-corrected chi connectivity index (χ4v) is 1.78. The van der Waals surface area contributed by atoms with E-state index in [0.29, 0.717) is 5.88 Å². The van der Waals surface area contributed by atoms with Gasteiger partial charge in [0.2, 0.25) is 0 Å². The molecule has 0 heterocycles. The van der Waals surface area contributed by atoms with Crippen molar-refractivity contribution in [3.63, 3.8) is 0 Å². The average Bonchev–Trinajstić information content (AvgIpc) is 2.05. The van der Waals surface area contributed by atoms with Crippen molar-refractivity contribution < 1.29 is 0 Å². The van der Waals surface area contributed by atoms with Gasteiger partial charge in [-0.3, -0.25) is 0 Å². The molecule has 0 aliphatic rings. The van der Waals surface area contributed by atoms with E-state index in [1.165, 1.54) is 11.1 Å². The van der Waals surface area contributed by atoms with Gasteiger partial charge in [0, 0.05) is 5.88 Å². The largest absolute Gasteiger partial charge is 0.126 e. The summed E-state index contributed by atoms with van der Waals surface area (Å²) in [7, 11) is 0. The normalized spacial score (nSPS) is 10.7. The fraction of sp³-hybridized carbons (Fsp3) is 0.333. The summed E-state index contributed by atoms with van der Waals surface area (Å²) in [6.07, 6.45) is 0.933. The minimum absolute atomic E-state index is 0.236. The van der Waals surface area contributed by atoms with Gasteiger partial charge in [0.25, 0.3) is 0 Å². The molecule has 66 valence electrons. The molecule has 0 aliphatic carbocycles. The lowest BCUT2D eigenvalue weighted by molar-refractivity contribution is 1.14. The zero-order chi connectivity index (χ0) is 8.97. The SMILES string of the molecule is ClCCc1cccc(C(Br)Br)c1. The summed E-state index contributed by atoms with van der Waals surface area (Å²) in [6.45, 7) is 0. The number of benzene rings is 1. The maximum atomic E-state index is 5.64. The van der Waals surface area contributed by atoms with Gasteiger partial charge in [-0.05, 0) is 17.5 Å². The third-order valence-electron chi connectivity index (χ3n) is 1.59. The van der Waals surface area contributed by atoms with Crippen LogP contribution in [0, 0.1) is 0 Å². The van der Waals surface area contributed by atoms with Crippen molar-refractivity contribution in [3.8, 4) is 0 Å². The highest BCUT2D eigenvalue weighted by atomic mass is 79.9. The molecule has 12 heavy (non-hydrogen) atoms. The van der Waals surface area contributed by atoms with Crippen LogP contribution in [0.25, 0.3) is 0 Å². The van der Waals surface area contributed by atoms with E-state index in [1.807, 2.05) is 6.07 Å². The number of rotatable bonds is 3. The van der Waals surface area contributed by atoms with E-state index >= 15 is 0 Å². The maximum Gasteiger partial charge on any atom is 0.0946 e. The highest BCUT2D eigenvalue weighted by Gasteiger charge is 2.01. The van der Waals surface area contributed by atoms with Crippen molar-refractivity contribution in [1.82, 2.24) is 0 Å². The van der Waals surface area contributed by atoms with Gasteiger partial charge in [0.15, 0.2) is 0 Å². The smallest absolute Gasteiger partial charge is 0.0946 e. The molecule has 0 spiro atoms. The molecule has 0 aliphatic heterocycles. The van der Waals surface area contributed by atoms with Crippen LogP contribution in [0.1, 0.15) is 14.9 Å². The van der Waals surface area contributed by atoms with Crippen LogP contribution in [0.15, 0.2) is 24.3 Å². The van der Waals surface area contributed by atoms with Crippen LogP contribution >= 0.6 is 43.5 Å². The average molecular weight is 312 g/mol. The van der Waals surface area contributed by atoms with E-state index in [0.717, 1.165) is 6.42 Å². The number of halogens is 3. The molecule has 0 saturated carbocycles. The van der Waals surface area contributed by atoms with E-state index in [9.17, 15) is 0 Å². The van der Waals surface area contributed by atoms with Gasteiger partial charge >= 0.3 is 0 Å². The van der Waals surface area contributed by atoms with Crippen LogP contribution in [-0.4, -0.2) is 5.88 Å². The molecule has 0 radical (unpaired) electrons. The van der Waals surface area contributed by atoms with Crippen molar-refractivity contribution in [2.75, 3.05) is 5.88 Å². The molecule has 0 aromatic heterocycles. The molecule has 0 fully saturated rings. The van der Waals surface area contributed by atoms with Crippen molar-refractivity contribution in [2.24, 2.45) is 0 Å². The first kappa shape index (κ1) is 10.6. The summed E-state index contributed by atoms with van der Waals surface area (Å²) < 4.78 is 0.236. The summed E-state index contributed by atoms with van der Waals surface area (Å²) in [5.74, 6) is 0.679. The van der Waals surface area contributed by atoms with Crippen LogP contribution in [0.5, 0.6) is 0 Å². The van der Waals surface area contributed by atoms with Crippen LogP contribution in [0.4, 0.5) is 0 Å². The van der Waals surface area contributed by atoms with Gasteiger partial charge in [-0.2, -0.15) is 0 Å². The zero-order valence-electron chi connectivity index (χ0n) is 6.43. The minimum Gasteiger partial charge on any atom is -0.126 e. The van der Waals surface area contributed by atoms with Gasteiger partial charge in [0.05, 0.1) is 3.74 Å². The molecule has 0 N–H and O–H groups in total. The summed E-state index contributed by atoms with van der Waals surface area (Å²) in [4.78, 5) is 0. The second kappa shape index (κ2) is 5.25. The first-order valence-electron chi connectivity index (χ1n) is 3.67. The molecule has 3 heteroatoms. The molecule has 1 rings (SSSR count). The van der Waals surface area contributed by atoms with Crippen molar-refractivity contribution in [3.05, 3.63) is 35.4 Å². The van der Waals surface area contributed by atoms with Gasteiger partial charge < -0.3 is 0 Å². The van der Waals surface area contributed by atoms with Gasteiger partial charge in [-0.25, -0.2) is 0 Å². The third kappa shape index (κ3) is 3.08. The molecule has 0 unspecified atom stereocenters. The predicted molar refractivity (Wildman–Crippen MR) is 61.5 cm³/mol. The highest BCUT2D eigenvalue weighted by Crippen LogP contribution is 2.29. The molecular weight excluding hydrogens is 303 g/mol. The second-order valence-electron chi connectivity index (χ2n) is 2.48. The summed E-state index contributed by atoms with van der Waals surface area (Å²) >= 11 is 12.5. The molecule has 0 bridgehead atoms. The monoisotopic (exact) mass is 310 g/mol. The standard InChI is InChI=1S/C9H9Br2Cl/c10-9(11)8-3-1-2-7(6-8)4-5-12/h1-3,6,9H,4-5H2. The number of aryl methyl sites for hydroxylation is 1. The van der Waals surface area contributed by atoms with E-state index in [1.54, 1.807) is 0 Å². The Labute approximate surface area is 94.6 Å². The number of hydrogen-bond acceptors (Lipinski definition) is 0. The molecule has 0 nitrogen and oxygen atoms in total. The lowest BCUT2D eigenvalue weighted by atomic mass is 10.1. The Morgan fingerprint density at radius 3 is 2.67 bits per heavy atom. The summed E-state index contributed by atoms with van der Waals surface area (Å²) in [5.41, 5.74) is 2.52. The van der Waals surface area contributed by atoms with Gasteiger partial charge in [0.1, 0.15) is 0 Å². The van der Waals surface area contributed by atoms with Crippen molar-refractivity contribution >= 4 is 43.5 Å². The molecule has 0 saturated heterocycles. The number of hydrogen-bond donors (Lipinski definition) is 0. The Morgan fingerprint density at radius 1 is 1.33 bits per heavy atom. The summed E-state index contributed by atoms with van der Waals surface area (Å²) in [5, 5.41) is 0. The summed E-state index contributed by atoms with van der Waals surface area (Å²) in [6, 6.07) is 8.36. The van der Waals surface area contributed by atoms with Crippen molar-refractivity contribution in [2.45, 2.75) is 10.2 Å². The topological polar surface area (TPSA) is 0 Å². The Bertz CT molecular complexity index is 248. The quantitative estimate of drug-likeness (QED) is 0.732. The number of alkyl halides is 3. The highest BCUT2D eigenvalue weighted by molar-refractivity contribution is 9.24. The molecule has 0 atom stereocenters. The Balaban J connectivity index is 2.81. The molecule has 0 amide bonds. The Hall–Kier alpha value is 0.470. The van der Waals surface area contributed by atoms with Crippen LogP contribution in [-0.2, 0) is 6.42 Å². The Kier molecular flexibility index (Phi) is 4.62. The second-order valence-corrected chi connectivity index (χ2v) is 5.92. The van der Waals surface area contributed by atoms with E-state index in [-0.39, 0.29) is 3.74 Å². The lowest BCUT2D eigenvalue weighted by Crippen LogP contribution is -1.88. The van der Waals surface area contributed by atoms with Crippen molar-refractivity contribution in [1.29, 1.82) is 0 Å². The fourth-order valence-electron chi connectivity index (χ4n) is 0.993.